The van der Waals surface area contributed by atoms with Gasteiger partial charge >= 0.3 is 0 Å². The van der Waals surface area contributed by atoms with Gasteiger partial charge in [-0.25, -0.2) is 0 Å². The summed E-state index contributed by atoms with van der Waals surface area (Å²) < 4.78 is 6.06. The van der Waals surface area contributed by atoms with Crippen molar-refractivity contribution in [2.45, 2.75) is 83.6 Å². The summed E-state index contributed by atoms with van der Waals surface area (Å²) in [6.45, 7) is 3.77. The molecule has 49 heavy (non-hydrogen) atoms. The van der Waals surface area contributed by atoms with Crippen molar-refractivity contribution in [1.29, 1.82) is 0 Å². The fourth-order valence-corrected chi connectivity index (χ4v) is 6.38. The highest BCUT2D eigenvalue weighted by atomic mass is 16.5. The summed E-state index contributed by atoms with van der Waals surface area (Å²) in [5.41, 5.74) is 14.7. The first kappa shape index (κ1) is 36.2. The number of aliphatic imine (C=N–C) groups is 1. The number of fused-ring (bicyclic) bond motifs is 1. The van der Waals surface area contributed by atoms with Crippen LogP contribution < -0.4 is 20.7 Å². The van der Waals surface area contributed by atoms with Gasteiger partial charge in [-0.1, -0.05) is 80.8 Å². The molecule has 9 heteroatoms. The van der Waals surface area contributed by atoms with Gasteiger partial charge < -0.3 is 25.8 Å². The number of benzene rings is 3. The zero-order valence-electron chi connectivity index (χ0n) is 28.5. The Hall–Kier alpha value is -4.12. The van der Waals surface area contributed by atoms with Crippen LogP contribution in [-0.4, -0.2) is 52.7 Å². The van der Waals surface area contributed by atoms with E-state index in [-0.39, 0.29) is 30.7 Å². The summed E-state index contributed by atoms with van der Waals surface area (Å²) >= 11 is 0. The number of rotatable bonds is 20. The number of ether oxygens (including phenoxy) is 1. The maximum Gasteiger partial charge on any atom is 0.227 e. The maximum absolute atomic E-state index is 12.4. The number of phenols is 1. The first-order valence-corrected chi connectivity index (χ1v) is 17.6. The van der Waals surface area contributed by atoms with Gasteiger partial charge in [0.15, 0.2) is 11.5 Å². The fraction of sp³-hybridized carbons (Fsp3) is 0.400. The molecule has 2 heterocycles. The average molecular weight is 668 g/mol. The van der Waals surface area contributed by atoms with E-state index in [9.17, 15) is 20.1 Å². The predicted molar refractivity (Wildman–Crippen MR) is 192 cm³/mol. The van der Waals surface area contributed by atoms with Gasteiger partial charge in [0.2, 0.25) is 6.73 Å². The van der Waals surface area contributed by atoms with Crippen molar-refractivity contribution in [2.75, 3.05) is 19.8 Å². The Morgan fingerprint density at radius 3 is 2.67 bits per heavy atom. The molecule has 0 radical (unpaired) electrons. The average Bonchev–Trinajstić information content (AvgIpc) is 3.69. The highest BCUT2D eigenvalue weighted by Gasteiger charge is 2.31. The fourth-order valence-electron chi connectivity index (χ4n) is 6.38. The minimum atomic E-state index is -0.576. The molecular formula is C40H51N4O5+. The topological polar surface area (TPSA) is 142 Å². The summed E-state index contributed by atoms with van der Waals surface area (Å²) in [6, 6.07) is 21.5. The van der Waals surface area contributed by atoms with E-state index in [0.29, 0.717) is 44.7 Å². The molecule has 3 aromatic rings. The Labute approximate surface area is 289 Å². The van der Waals surface area contributed by atoms with Crippen molar-refractivity contribution in [3.05, 3.63) is 118 Å². The second kappa shape index (κ2) is 18.0. The third kappa shape index (κ3) is 10.4. The minimum Gasteiger partial charge on any atom is -0.504 e. The normalized spacial score (nSPS) is 16.5. The lowest BCUT2D eigenvalue weighted by molar-refractivity contribution is -0.851. The molecule has 5 rings (SSSR count). The summed E-state index contributed by atoms with van der Waals surface area (Å²) in [6.07, 6.45) is 9.41. The van der Waals surface area contributed by atoms with Gasteiger partial charge in [0, 0.05) is 32.0 Å². The SMILES string of the molecule is CCCCC[C@@H](O)CC(=O)CCc1ccc(O)c(OC[NH+]2C=C3C(Cc4cc([C@H](N)NCCc5ccccc5)ccc4CO)=CN=C3C2)c1. The quantitative estimate of drug-likeness (QED) is 0.0784. The minimum absolute atomic E-state index is 0.0417. The van der Waals surface area contributed by atoms with Crippen LogP contribution in [0.2, 0.25) is 0 Å². The number of carbonyl (C=O) groups excluding carboxylic acids is 1. The molecule has 260 valence electrons. The van der Waals surface area contributed by atoms with E-state index in [2.05, 4.69) is 41.6 Å². The number of allylic oxidation sites excluding steroid dienone is 1. The predicted octanol–water partition coefficient (Wildman–Crippen LogP) is 4.21. The van der Waals surface area contributed by atoms with Gasteiger partial charge in [-0.05, 0) is 64.8 Å². The molecule has 0 spiro atoms. The third-order valence-corrected chi connectivity index (χ3v) is 9.27. The number of Topliss-reactive ketones (excluding diaryl/α,β-unsaturated/α-hetero) is 1. The third-order valence-electron chi connectivity index (χ3n) is 9.27. The highest BCUT2D eigenvalue weighted by Crippen LogP contribution is 2.29. The molecule has 1 unspecified atom stereocenters. The standard InChI is InChI=1S/C40H50N4O5/c1-2-3-5-10-34(46)22-35(47)15-11-29-12-16-38(48)39(19-29)49-27-44-24-36-33(23-43-37(36)25-44)21-32-20-30(13-14-31(32)26-45)40(41)42-18-17-28-8-6-4-7-9-28/h4,6-9,12-14,16,19-20,23-24,34,40,42,45-46,48H,2-3,5,10-11,15,17-18,21-22,25-27,41H2,1H3/p+1/t34-,40-/m1/s1. The number of aryl methyl sites for hydroxylation is 1. The molecule has 0 amide bonds. The van der Waals surface area contributed by atoms with Gasteiger partial charge in [0.05, 0.1) is 24.4 Å². The number of quaternary nitrogens is 1. The molecule has 7 N–H and O–H groups in total. The molecule has 2 aliphatic rings. The first-order valence-electron chi connectivity index (χ1n) is 17.6. The lowest BCUT2D eigenvalue weighted by Crippen LogP contribution is -3.07. The molecule has 0 aliphatic carbocycles. The molecule has 0 saturated carbocycles. The van der Waals surface area contributed by atoms with E-state index in [1.54, 1.807) is 18.2 Å². The summed E-state index contributed by atoms with van der Waals surface area (Å²) in [5, 5.41) is 34.1. The summed E-state index contributed by atoms with van der Waals surface area (Å²) in [4.78, 5) is 18.2. The smallest absolute Gasteiger partial charge is 0.227 e. The Morgan fingerprint density at radius 1 is 1.04 bits per heavy atom. The van der Waals surface area contributed by atoms with Gasteiger partial charge in [0.25, 0.3) is 0 Å². The van der Waals surface area contributed by atoms with Crippen LogP contribution in [0, 0.1) is 0 Å². The first-order chi connectivity index (χ1) is 23.8. The highest BCUT2D eigenvalue weighted by molar-refractivity contribution is 6.08. The lowest BCUT2D eigenvalue weighted by Gasteiger charge is -2.17. The lowest BCUT2D eigenvalue weighted by atomic mass is 9.94. The van der Waals surface area contributed by atoms with Crippen LogP contribution in [0.15, 0.2) is 95.3 Å². The zero-order valence-corrected chi connectivity index (χ0v) is 28.5. The van der Waals surface area contributed by atoms with Crippen LogP contribution >= 0.6 is 0 Å². The molecule has 3 aromatic carbocycles. The van der Waals surface area contributed by atoms with E-state index in [4.69, 9.17) is 10.5 Å². The van der Waals surface area contributed by atoms with Gasteiger partial charge in [-0.2, -0.15) is 0 Å². The van der Waals surface area contributed by atoms with E-state index >= 15 is 0 Å². The van der Waals surface area contributed by atoms with E-state index < -0.39 is 6.10 Å². The number of aliphatic hydroxyl groups is 2. The van der Waals surface area contributed by atoms with Crippen molar-refractivity contribution >= 4 is 11.5 Å². The van der Waals surface area contributed by atoms with Crippen molar-refractivity contribution in [2.24, 2.45) is 10.7 Å². The van der Waals surface area contributed by atoms with E-state index in [1.165, 1.54) is 5.56 Å². The number of aliphatic hydroxyl groups excluding tert-OH is 2. The molecule has 0 saturated heterocycles. The van der Waals surface area contributed by atoms with Crippen LogP contribution in [-0.2, 0) is 30.7 Å². The van der Waals surface area contributed by atoms with E-state index in [1.807, 2.05) is 36.5 Å². The number of ketones is 1. The number of nitrogens with two attached hydrogens (primary N) is 1. The second-order valence-corrected chi connectivity index (χ2v) is 13.1. The second-order valence-electron chi connectivity index (χ2n) is 13.1. The molecule has 0 aromatic heterocycles. The molecule has 3 atom stereocenters. The van der Waals surface area contributed by atoms with E-state index in [0.717, 1.165) is 76.2 Å². The Morgan fingerprint density at radius 2 is 1.88 bits per heavy atom. The van der Waals surface area contributed by atoms with Crippen molar-refractivity contribution < 1.29 is 29.8 Å². The Kier molecular flexibility index (Phi) is 13.3. The molecule has 2 aliphatic heterocycles. The number of carbonyl (C=O) groups is 1. The molecule has 9 nitrogen and oxygen atoms in total. The number of nitrogens with one attached hydrogen (secondary N) is 2. The van der Waals surface area contributed by atoms with Crippen molar-refractivity contribution in [1.82, 2.24) is 5.32 Å². The number of nitrogens with zero attached hydrogens (tertiary/aromatic N) is 1. The van der Waals surface area contributed by atoms with Crippen LogP contribution in [0.25, 0.3) is 0 Å². The van der Waals surface area contributed by atoms with Gasteiger partial charge in [-0.3, -0.25) is 20.0 Å². The number of aromatic hydroxyl groups is 1. The molecule has 0 bridgehead atoms. The summed E-state index contributed by atoms with van der Waals surface area (Å²) in [7, 11) is 0. The summed E-state index contributed by atoms with van der Waals surface area (Å²) in [5.74, 6) is 0.471. The number of unbranched alkanes of at least 4 members (excludes halogenated alkanes) is 2. The number of hydrogen-bond acceptors (Lipinski definition) is 8. The monoisotopic (exact) mass is 667 g/mol. The maximum atomic E-state index is 12.4. The number of hydrogen-bond donors (Lipinski definition) is 6. The Bertz CT molecular complexity index is 1650. The zero-order chi connectivity index (χ0) is 34.6. The van der Waals surface area contributed by atoms with Crippen LogP contribution in [0.1, 0.15) is 79.4 Å². The van der Waals surface area contributed by atoms with Crippen LogP contribution in [0.3, 0.4) is 0 Å². The molecular weight excluding hydrogens is 616 g/mol. The van der Waals surface area contributed by atoms with Crippen molar-refractivity contribution in [3.8, 4) is 11.5 Å². The molecule has 0 fully saturated rings. The number of phenolic OH excluding ortho intramolecular Hbond substituents is 1. The Balaban J connectivity index is 1.13. The van der Waals surface area contributed by atoms with Crippen molar-refractivity contribution in [3.63, 3.8) is 0 Å². The van der Waals surface area contributed by atoms with Gasteiger partial charge in [0.1, 0.15) is 24.2 Å². The largest absolute Gasteiger partial charge is 0.504 e. The van der Waals surface area contributed by atoms with Gasteiger partial charge in [-0.15, -0.1) is 0 Å². The van der Waals surface area contributed by atoms with Crippen LogP contribution in [0.5, 0.6) is 11.5 Å². The van der Waals surface area contributed by atoms with Crippen LogP contribution in [0.4, 0.5) is 0 Å².